The minimum Gasteiger partial charge on any atom is -0.364 e. The smallest absolute Gasteiger partial charge is 0.267 e. The average Bonchev–Trinajstić information content (AvgIpc) is 2.82. The molecule has 3 N–H and O–H groups in total. The molecule has 1 aromatic rings. The zero-order valence-electron chi connectivity index (χ0n) is 9.40. The molecule has 5 nitrogen and oxygen atoms in total. The van der Waals surface area contributed by atoms with Crippen molar-refractivity contribution in [3.05, 3.63) is 29.6 Å². The molecule has 0 atom stereocenters. The van der Waals surface area contributed by atoms with Gasteiger partial charge in [0.2, 0.25) is 0 Å². The molecule has 1 radical (unpaired) electrons. The maximum atomic E-state index is 11.9. The topological polar surface area (TPSA) is 85.1 Å². The molecule has 17 heavy (non-hydrogen) atoms. The lowest BCUT2D eigenvalue weighted by Crippen LogP contribution is -2.32. The molecule has 0 spiro atoms. The summed E-state index contributed by atoms with van der Waals surface area (Å²) in [5.74, 6) is -0.901. The third-order valence-corrected chi connectivity index (χ3v) is 2.87. The molecule has 0 unspecified atom stereocenters. The van der Waals surface area contributed by atoms with Gasteiger partial charge in [0.05, 0.1) is 5.56 Å². The standard InChI is InChI=1S/C12H14N3O2/c13-11(16)10-7-8(5-6-14-10)12(17)15-9-3-1-2-4-9/h5-6,9H,1-4H2,(H2,13,16)(H,15,17). The van der Waals surface area contributed by atoms with Gasteiger partial charge in [-0.3, -0.25) is 14.6 Å². The number of nitrogens with zero attached hydrogens (tertiary/aromatic N) is 1. The maximum Gasteiger partial charge on any atom is 0.267 e. The molecule has 0 saturated heterocycles. The van der Waals surface area contributed by atoms with Crippen LogP contribution in [-0.2, 0) is 0 Å². The molecular weight excluding hydrogens is 218 g/mol. The molecule has 1 heterocycles. The van der Waals surface area contributed by atoms with Crippen molar-refractivity contribution < 1.29 is 9.59 Å². The Balaban J connectivity index is 2.07. The van der Waals surface area contributed by atoms with Crippen LogP contribution in [0.1, 0.15) is 46.5 Å². The van der Waals surface area contributed by atoms with E-state index < -0.39 is 5.91 Å². The first-order valence-corrected chi connectivity index (χ1v) is 5.66. The average molecular weight is 232 g/mol. The van der Waals surface area contributed by atoms with Gasteiger partial charge >= 0.3 is 0 Å². The van der Waals surface area contributed by atoms with Crippen LogP contribution in [0.15, 0.2) is 12.3 Å². The van der Waals surface area contributed by atoms with Gasteiger partial charge in [-0.05, 0) is 18.9 Å². The van der Waals surface area contributed by atoms with Gasteiger partial charge < -0.3 is 11.1 Å². The lowest BCUT2D eigenvalue weighted by Gasteiger charge is -2.11. The fourth-order valence-electron chi connectivity index (χ4n) is 1.98. The number of nitrogens with one attached hydrogen (secondary N) is 1. The predicted molar refractivity (Wildman–Crippen MR) is 61.3 cm³/mol. The maximum absolute atomic E-state index is 11.9. The van der Waals surface area contributed by atoms with E-state index in [1.807, 2.05) is 0 Å². The summed E-state index contributed by atoms with van der Waals surface area (Å²) in [4.78, 5) is 26.5. The molecule has 1 fully saturated rings. The van der Waals surface area contributed by atoms with Gasteiger partial charge in [-0.25, -0.2) is 0 Å². The van der Waals surface area contributed by atoms with Crippen LogP contribution in [0.4, 0.5) is 0 Å². The van der Waals surface area contributed by atoms with Crippen molar-refractivity contribution in [2.24, 2.45) is 5.73 Å². The second-order valence-corrected chi connectivity index (χ2v) is 4.15. The zero-order chi connectivity index (χ0) is 12.3. The Kier molecular flexibility index (Phi) is 3.37. The van der Waals surface area contributed by atoms with Crippen molar-refractivity contribution >= 4 is 11.8 Å². The third-order valence-electron chi connectivity index (χ3n) is 2.87. The van der Waals surface area contributed by atoms with Crippen molar-refractivity contribution in [1.29, 1.82) is 0 Å². The second kappa shape index (κ2) is 4.95. The summed E-state index contributed by atoms with van der Waals surface area (Å²) >= 11 is 0. The molecule has 0 bridgehead atoms. The van der Waals surface area contributed by atoms with Crippen molar-refractivity contribution in [3.8, 4) is 0 Å². The first-order chi connectivity index (χ1) is 8.16. The van der Waals surface area contributed by atoms with E-state index in [-0.39, 0.29) is 17.6 Å². The molecule has 2 amide bonds. The highest BCUT2D eigenvalue weighted by atomic mass is 16.2. The normalized spacial score (nSPS) is 15.8. The lowest BCUT2D eigenvalue weighted by atomic mass is 10.2. The number of carbonyl (C=O) groups is 2. The first-order valence-electron chi connectivity index (χ1n) is 5.66. The van der Waals surface area contributed by atoms with Crippen LogP contribution in [-0.4, -0.2) is 22.8 Å². The van der Waals surface area contributed by atoms with Crippen LogP contribution in [0.3, 0.4) is 0 Å². The highest BCUT2D eigenvalue weighted by molar-refractivity contribution is 5.97. The molecule has 1 aliphatic carbocycles. The van der Waals surface area contributed by atoms with Crippen LogP contribution >= 0.6 is 0 Å². The van der Waals surface area contributed by atoms with Crippen molar-refractivity contribution in [2.75, 3.05) is 0 Å². The van der Waals surface area contributed by atoms with Gasteiger partial charge in [0.1, 0.15) is 5.69 Å². The van der Waals surface area contributed by atoms with Gasteiger partial charge in [-0.2, -0.15) is 0 Å². The summed E-state index contributed by atoms with van der Waals surface area (Å²) in [6, 6.07) is 4.38. The van der Waals surface area contributed by atoms with E-state index in [4.69, 9.17) is 5.73 Å². The van der Waals surface area contributed by atoms with E-state index in [9.17, 15) is 9.59 Å². The monoisotopic (exact) mass is 232 g/mol. The van der Waals surface area contributed by atoms with Gasteiger partial charge in [0.15, 0.2) is 0 Å². The number of hydrogen-bond donors (Lipinski definition) is 2. The Bertz CT molecular complexity index is 439. The Hall–Kier alpha value is -1.91. The second-order valence-electron chi connectivity index (χ2n) is 4.15. The molecule has 2 rings (SSSR count). The molecule has 0 aromatic carbocycles. The van der Waals surface area contributed by atoms with Crippen molar-refractivity contribution in [1.82, 2.24) is 10.3 Å². The van der Waals surface area contributed by atoms with E-state index in [0.29, 0.717) is 5.56 Å². The molecular formula is C12H14N3O2. The van der Waals surface area contributed by atoms with Gasteiger partial charge in [-0.1, -0.05) is 12.8 Å². The fourth-order valence-corrected chi connectivity index (χ4v) is 1.98. The lowest BCUT2D eigenvalue weighted by molar-refractivity contribution is 0.0937. The van der Waals surface area contributed by atoms with Gasteiger partial charge in [0, 0.05) is 18.3 Å². The van der Waals surface area contributed by atoms with Crippen molar-refractivity contribution in [3.63, 3.8) is 0 Å². The summed E-state index contributed by atoms with van der Waals surface area (Å²) in [7, 11) is 0. The summed E-state index contributed by atoms with van der Waals surface area (Å²) in [5.41, 5.74) is 5.38. The number of nitrogens with two attached hydrogens (primary N) is 1. The summed E-state index contributed by atoms with van der Waals surface area (Å²) < 4.78 is 0. The number of aromatic nitrogens is 1. The SMILES string of the molecule is NC(=O)c1[c]c(C(=O)NC2CCCC2)ccn1. The molecule has 1 aromatic heterocycles. The Morgan fingerprint density at radius 1 is 1.41 bits per heavy atom. The number of carbonyl (C=O) groups excluding carboxylic acids is 2. The number of pyridine rings is 1. The molecule has 89 valence electrons. The van der Waals surface area contributed by atoms with Gasteiger partial charge in [-0.15, -0.1) is 0 Å². The third kappa shape index (κ3) is 2.81. The van der Waals surface area contributed by atoms with Crippen LogP contribution in [0.5, 0.6) is 0 Å². The fraction of sp³-hybridized carbons (Fsp3) is 0.417. The first kappa shape index (κ1) is 11.6. The van der Waals surface area contributed by atoms with Crippen molar-refractivity contribution in [2.45, 2.75) is 31.7 Å². The van der Waals surface area contributed by atoms with E-state index >= 15 is 0 Å². The van der Waals surface area contributed by atoms with E-state index in [2.05, 4.69) is 16.4 Å². The Morgan fingerprint density at radius 3 is 2.76 bits per heavy atom. The highest BCUT2D eigenvalue weighted by Crippen LogP contribution is 2.18. The largest absolute Gasteiger partial charge is 0.364 e. The Labute approximate surface area is 99.4 Å². The predicted octanol–water partition coefficient (Wildman–Crippen LogP) is 0.653. The molecule has 5 heteroatoms. The van der Waals surface area contributed by atoms with E-state index in [0.717, 1.165) is 25.7 Å². The minimum absolute atomic E-state index is 0.0101. The van der Waals surface area contributed by atoms with Crippen LogP contribution in [0.2, 0.25) is 0 Å². The zero-order valence-corrected chi connectivity index (χ0v) is 9.40. The van der Waals surface area contributed by atoms with Gasteiger partial charge in [0.25, 0.3) is 11.8 Å². The molecule has 1 saturated carbocycles. The number of amides is 2. The van der Waals surface area contributed by atoms with Crippen LogP contribution in [0.25, 0.3) is 0 Å². The van der Waals surface area contributed by atoms with Crippen LogP contribution in [0, 0.1) is 6.07 Å². The number of rotatable bonds is 3. The Morgan fingerprint density at radius 2 is 2.12 bits per heavy atom. The van der Waals surface area contributed by atoms with Crippen LogP contribution < -0.4 is 11.1 Å². The summed E-state index contributed by atoms with van der Waals surface area (Å²) in [6.07, 6.45) is 5.72. The van der Waals surface area contributed by atoms with E-state index in [1.54, 1.807) is 0 Å². The number of primary amides is 1. The van der Waals surface area contributed by atoms with E-state index in [1.165, 1.54) is 12.3 Å². The molecule has 1 aliphatic rings. The quantitative estimate of drug-likeness (QED) is 0.802. The summed E-state index contributed by atoms with van der Waals surface area (Å²) in [6.45, 7) is 0. The summed E-state index contributed by atoms with van der Waals surface area (Å²) in [5, 5.41) is 2.91. The number of hydrogen-bond acceptors (Lipinski definition) is 3. The molecule has 0 aliphatic heterocycles. The highest BCUT2D eigenvalue weighted by Gasteiger charge is 2.18. The minimum atomic E-state index is -0.680.